The third kappa shape index (κ3) is 4.18. The quantitative estimate of drug-likeness (QED) is 0.726. The van der Waals surface area contributed by atoms with Gasteiger partial charge < -0.3 is 23.4 Å². The Labute approximate surface area is 154 Å². The zero-order chi connectivity index (χ0) is 18.5. The van der Waals surface area contributed by atoms with Crippen molar-refractivity contribution in [2.75, 3.05) is 38.5 Å². The fourth-order valence-electron chi connectivity index (χ4n) is 2.55. The monoisotopic (exact) mass is 380 g/mol. The van der Waals surface area contributed by atoms with E-state index in [1.165, 1.54) is 11.8 Å². The summed E-state index contributed by atoms with van der Waals surface area (Å²) >= 11 is 1.19. The minimum Gasteiger partial charge on any atom is -0.469 e. The van der Waals surface area contributed by atoms with Crippen molar-refractivity contribution in [3.63, 3.8) is 0 Å². The largest absolute Gasteiger partial charge is 0.469 e. The van der Waals surface area contributed by atoms with Crippen molar-refractivity contribution in [1.82, 2.24) is 20.0 Å². The molecular formula is C16H20N4O5S. The van der Waals surface area contributed by atoms with Gasteiger partial charge in [0.15, 0.2) is 0 Å². The van der Waals surface area contributed by atoms with E-state index in [0.29, 0.717) is 49.7 Å². The van der Waals surface area contributed by atoms with Crippen LogP contribution in [0.2, 0.25) is 0 Å². The summed E-state index contributed by atoms with van der Waals surface area (Å²) in [4.78, 5) is 27.3. The molecule has 2 aromatic rings. The standard InChI is InChI=1S/C16H20N4O5S/c1-3-23-16(22)20-7-5-19(6-8-20)13(21)10-26-15-18-17-14(25-15)12-4-9-24-11(12)2/h4,9H,3,5-8,10H2,1-2H3. The molecule has 0 unspecified atom stereocenters. The molecule has 0 bridgehead atoms. The predicted octanol–water partition coefficient (Wildman–Crippen LogP) is 2.03. The summed E-state index contributed by atoms with van der Waals surface area (Å²) in [5.74, 6) is 1.23. The van der Waals surface area contributed by atoms with Gasteiger partial charge in [0.05, 0.1) is 24.2 Å². The van der Waals surface area contributed by atoms with Gasteiger partial charge in [-0.2, -0.15) is 0 Å². The maximum absolute atomic E-state index is 12.3. The molecule has 3 rings (SSSR count). The fraction of sp³-hybridized carbons (Fsp3) is 0.500. The second-order valence-electron chi connectivity index (χ2n) is 5.62. The first kappa shape index (κ1) is 18.3. The Morgan fingerprint density at radius 1 is 1.23 bits per heavy atom. The van der Waals surface area contributed by atoms with Gasteiger partial charge in [0.25, 0.3) is 11.1 Å². The molecule has 0 radical (unpaired) electrons. The Morgan fingerprint density at radius 2 is 1.96 bits per heavy atom. The van der Waals surface area contributed by atoms with Crippen LogP contribution in [0.25, 0.3) is 11.5 Å². The molecule has 2 amide bonds. The third-order valence-corrected chi connectivity index (χ3v) is 4.78. The zero-order valence-electron chi connectivity index (χ0n) is 14.6. The molecule has 1 saturated heterocycles. The Bertz CT molecular complexity index is 766. The number of piperazine rings is 1. The van der Waals surface area contributed by atoms with E-state index in [9.17, 15) is 9.59 Å². The van der Waals surface area contributed by atoms with E-state index in [2.05, 4.69) is 10.2 Å². The van der Waals surface area contributed by atoms with Crippen molar-refractivity contribution < 1.29 is 23.2 Å². The molecule has 140 valence electrons. The molecule has 0 N–H and O–H groups in total. The summed E-state index contributed by atoms with van der Waals surface area (Å²) in [5.41, 5.74) is 0.741. The first-order chi connectivity index (χ1) is 12.6. The highest BCUT2D eigenvalue weighted by molar-refractivity contribution is 7.99. The topological polar surface area (TPSA) is 102 Å². The van der Waals surface area contributed by atoms with Gasteiger partial charge in [0.2, 0.25) is 5.91 Å². The number of carbonyl (C=O) groups excluding carboxylic acids is 2. The second-order valence-corrected chi connectivity index (χ2v) is 6.55. The summed E-state index contributed by atoms with van der Waals surface area (Å²) in [6.45, 7) is 5.85. The molecule has 0 aliphatic carbocycles. The first-order valence-electron chi connectivity index (χ1n) is 8.28. The lowest BCUT2D eigenvalue weighted by Crippen LogP contribution is -2.51. The molecule has 2 aromatic heterocycles. The van der Waals surface area contributed by atoms with E-state index in [1.807, 2.05) is 6.92 Å². The molecule has 0 atom stereocenters. The summed E-state index contributed by atoms with van der Waals surface area (Å²) in [7, 11) is 0. The van der Waals surface area contributed by atoms with Crippen molar-refractivity contribution in [2.45, 2.75) is 19.1 Å². The number of hydrogen-bond donors (Lipinski definition) is 0. The average Bonchev–Trinajstić information content (AvgIpc) is 3.28. The van der Waals surface area contributed by atoms with E-state index >= 15 is 0 Å². The van der Waals surface area contributed by atoms with Crippen LogP contribution in [0.4, 0.5) is 4.79 Å². The lowest BCUT2D eigenvalue weighted by molar-refractivity contribution is -0.129. The Hall–Kier alpha value is -2.49. The van der Waals surface area contributed by atoms with Crippen LogP contribution in [0.1, 0.15) is 12.7 Å². The molecule has 26 heavy (non-hydrogen) atoms. The number of rotatable bonds is 5. The highest BCUT2D eigenvalue weighted by Gasteiger charge is 2.25. The van der Waals surface area contributed by atoms with Gasteiger partial charge in [-0.1, -0.05) is 11.8 Å². The minimum atomic E-state index is -0.332. The Morgan fingerprint density at radius 3 is 2.62 bits per heavy atom. The van der Waals surface area contributed by atoms with Crippen molar-refractivity contribution in [2.24, 2.45) is 0 Å². The number of furan rings is 1. The highest BCUT2D eigenvalue weighted by atomic mass is 32.2. The summed E-state index contributed by atoms with van der Waals surface area (Å²) in [6, 6.07) is 1.76. The van der Waals surface area contributed by atoms with E-state index in [0.717, 1.165) is 5.56 Å². The van der Waals surface area contributed by atoms with E-state index in [1.54, 1.807) is 29.1 Å². The van der Waals surface area contributed by atoms with Gasteiger partial charge in [-0.3, -0.25) is 4.79 Å². The second kappa shape index (κ2) is 8.26. The van der Waals surface area contributed by atoms with Crippen LogP contribution in [0.15, 0.2) is 26.4 Å². The molecule has 0 aromatic carbocycles. The molecule has 1 aliphatic heterocycles. The highest BCUT2D eigenvalue weighted by Crippen LogP contribution is 2.26. The smallest absolute Gasteiger partial charge is 0.409 e. The lowest BCUT2D eigenvalue weighted by atomic mass is 10.3. The molecular weight excluding hydrogens is 360 g/mol. The fourth-order valence-corrected chi connectivity index (χ4v) is 3.22. The molecule has 1 fully saturated rings. The van der Waals surface area contributed by atoms with Crippen LogP contribution < -0.4 is 0 Å². The molecule has 10 heteroatoms. The van der Waals surface area contributed by atoms with E-state index in [-0.39, 0.29) is 17.8 Å². The number of aryl methyl sites for hydroxylation is 1. The number of aromatic nitrogens is 2. The van der Waals surface area contributed by atoms with Crippen LogP contribution in [-0.4, -0.2) is 70.5 Å². The van der Waals surface area contributed by atoms with Crippen molar-refractivity contribution in [3.8, 4) is 11.5 Å². The Kier molecular flexibility index (Phi) is 5.82. The normalized spacial score (nSPS) is 14.5. The minimum absolute atomic E-state index is 0.0299. The lowest BCUT2D eigenvalue weighted by Gasteiger charge is -2.33. The maximum atomic E-state index is 12.3. The average molecular weight is 380 g/mol. The maximum Gasteiger partial charge on any atom is 0.409 e. The van der Waals surface area contributed by atoms with Crippen molar-refractivity contribution in [3.05, 3.63) is 18.1 Å². The SMILES string of the molecule is CCOC(=O)N1CCN(C(=O)CSc2nnc(-c3ccoc3C)o2)CC1. The first-order valence-corrected chi connectivity index (χ1v) is 9.27. The van der Waals surface area contributed by atoms with Crippen molar-refractivity contribution >= 4 is 23.8 Å². The number of ether oxygens (including phenoxy) is 1. The van der Waals surface area contributed by atoms with Crippen LogP contribution >= 0.6 is 11.8 Å². The Balaban J connectivity index is 1.47. The van der Waals surface area contributed by atoms with Crippen molar-refractivity contribution in [1.29, 1.82) is 0 Å². The van der Waals surface area contributed by atoms with Gasteiger partial charge in [-0.15, -0.1) is 10.2 Å². The zero-order valence-corrected chi connectivity index (χ0v) is 15.5. The number of hydrogen-bond acceptors (Lipinski definition) is 8. The van der Waals surface area contributed by atoms with Crippen LogP contribution in [0.3, 0.4) is 0 Å². The van der Waals surface area contributed by atoms with Gasteiger partial charge >= 0.3 is 6.09 Å². The third-order valence-electron chi connectivity index (χ3n) is 3.97. The molecule has 1 aliphatic rings. The number of carbonyl (C=O) groups is 2. The van der Waals surface area contributed by atoms with Crippen LogP contribution in [0.5, 0.6) is 0 Å². The van der Waals surface area contributed by atoms with E-state index < -0.39 is 0 Å². The summed E-state index contributed by atoms with van der Waals surface area (Å²) in [5, 5.41) is 8.26. The number of amides is 2. The summed E-state index contributed by atoms with van der Waals surface area (Å²) in [6.07, 6.45) is 1.23. The number of nitrogens with zero attached hydrogens (tertiary/aromatic N) is 4. The molecule has 0 spiro atoms. The predicted molar refractivity (Wildman–Crippen MR) is 92.6 cm³/mol. The molecule has 3 heterocycles. The number of thioether (sulfide) groups is 1. The molecule has 9 nitrogen and oxygen atoms in total. The van der Waals surface area contributed by atoms with Crippen LogP contribution in [-0.2, 0) is 9.53 Å². The summed E-state index contributed by atoms with van der Waals surface area (Å²) < 4.78 is 15.7. The van der Waals surface area contributed by atoms with Gasteiger partial charge in [0.1, 0.15) is 5.76 Å². The van der Waals surface area contributed by atoms with Crippen LogP contribution in [0, 0.1) is 6.92 Å². The van der Waals surface area contributed by atoms with Gasteiger partial charge in [0, 0.05) is 26.2 Å². The van der Waals surface area contributed by atoms with E-state index in [4.69, 9.17) is 13.6 Å². The molecule has 0 saturated carbocycles. The van der Waals surface area contributed by atoms with Gasteiger partial charge in [-0.05, 0) is 19.9 Å². The van der Waals surface area contributed by atoms with Gasteiger partial charge in [-0.25, -0.2) is 4.79 Å².